The van der Waals surface area contributed by atoms with Crippen molar-refractivity contribution in [3.8, 4) is 0 Å². The number of unbranched alkanes of at least 4 members (excludes halogenated alkanes) is 2. The number of nitrogen functional groups attached to an aromatic ring is 1. The Morgan fingerprint density at radius 3 is 2.88 bits per heavy atom. The van der Waals surface area contributed by atoms with Gasteiger partial charge < -0.3 is 11.1 Å². The zero-order valence-corrected chi connectivity index (χ0v) is 11.8. The number of amides is 1. The average Bonchev–Trinajstić information content (AvgIpc) is 2.64. The highest BCUT2D eigenvalue weighted by Crippen LogP contribution is 2.19. The van der Waals surface area contributed by atoms with Crippen LogP contribution in [-0.2, 0) is 4.79 Å². The van der Waals surface area contributed by atoms with Gasteiger partial charge in [-0.1, -0.05) is 19.8 Å². The first-order valence-electron chi connectivity index (χ1n) is 5.84. The highest BCUT2D eigenvalue weighted by Gasteiger charge is 2.16. The van der Waals surface area contributed by atoms with Gasteiger partial charge in [0, 0.05) is 12.7 Å². The molecule has 1 aromatic heterocycles. The molecule has 0 spiro atoms. The van der Waals surface area contributed by atoms with Crippen molar-refractivity contribution in [2.24, 2.45) is 0 Å². The second-order valence-corrected chi connectivity index (χ2v) is 4.87. The lowest BCUT2D eigenvalue weighted by Gasteiger charge is -2.12. The number of halogens is 1. The summed E-state index contributed by atoms with van der Waals surface area (Å²) >= 11 is 3.27. The summed E-state index contributed by atoms with van der Waals surface area (Å²) in [4.78, 5) is 11.8. The van der Waals surface area contributed by atoms with E-state index in [9.17, 15) is 4.79 Å². The Balaban J connectivity index is 2.46. The number of nitrogens with one attached hydrogen (secondary N) is 1. The summed E-state index contributed by atoms with van der Waals surface area (Å²) in [5.74, 6) is 0.367. The Morgan fingerprint density at radius 1 is 1.65 bits per heavy atom. The first-order valence-corrected chi connectivity index (χ1v) is 6.63. The van der Waals surface area contributed by atoms with Crippen molar-refractivity contribution in [3.63, 3.8) is 0 Å². The van der Waals surface area contributed by atoms with Crippen molar-refractivity contribution >= 4 is 27.7 Å². The van der Waals surface area contributed by atoms with Gasteiger partial charge in [-0.2, -0.15) is 5.10 Å². The Bertz CT molecular complexity index is 358. The molecule has 1 rings (SSSR count). The minimum atomic E-state index is -0.342. The Labute approximate surface area is 110 Å². The predicted molar refractivity (Wildman–Crippen MR) is 71.6 cm³/mol. The van der Waals surface area contributed by atoms with Gasteiger partial charge in [0.1, 0.15) is 6.04 Å². The van der Waals surface area contributed by atoms with Crippen molar-refractivity contribution in [1.29, 1.82) is 0 Å². The largest absolute Gasteiger partial charge is 0.381 e. The summed E-state index contributed by atoms with van der Waals surface area (Å²) in [6, 6.07) is -0.342. The van der Waals surface area contributed by atoms with Crippen LogP contribution in [0.15, 0.2) is 10.7 Å². The number of rotatable bonds is 6. The second kappa shape index (κ2) is 6.64. The number of aromatic nitrogens is 2. The van der Waals surface area contributed by atoms with E-state index < -0.39 is 0 Å². The van der Waals surface area contributed by atoms with E-state index >= 15 is 0 Å². The van der Waals surface area contributed by atoms with E-state index in [1.54, 1.807) is 17.8 Å². The fraction of sp³-hybridized carbons (Fsp3) is 0.636. The molecular weight excluding hydrogens is 284 g/mol. The molecular formula is C11H19BrN4O. The van der Waals surface area contributed by atoms with Crippen LogP contribution in [0.5, 0.6) is 0 Å². The SMILES string of the molecule is CCCCCNC(=O)C(C)n1cc(Br)c(N)n1. The quantitative estimate of drug-likeness (QED) is 0.790. The first kappa shape index (κ1) is 14.0. The fourth-order valence-electron chi connectivity index (χ4n) is 1.44. The van der Waals surface area contributed by atoms with Crippen LogP contribution < -0.4 is 11.1 Å². The van der Waals surface area contributed by atoms with Crippen molar-refractivity contribution < 1.29 is 4.79 Å². The molecule has 1 unspecified atom stereocenters. The summed E-state index contributed by atoms with van der Waals surface area (Å²) in [5.41, 5.74) is 5.61. The van der Waals surface area contributed by atoms with Crippen LogP contribution in [0.1, 0.15) is 39.2 Å². The summed E-state index contributed by atoms with van der Waals surface area (Å²) in [5, 5.41) is 6.95. The molecule has 96 valence electrons. The monoisotopic (exact) mass is 302 g/mol. The van der Waals surface area contributed by atoms with Crippen molar-refractivity contribution in [3.05, 3.63) is 10.7 Å². The van der Waals surface area contributed by atoms with Crippen molar-refractivity contribution in [2.75, 3.05) is 12.3 Å². The van der Waals surface area contributed by atoms with Gasteiger partial charge >= 0.3 is 0 Å². The van der Waals surface area contributed by atoms with Crippen LogP contribution in [0.25, 0.3) is 0 Å². The molecule has 0 fully saturated rings. The molecule has 0 radical (unpaired) electrons. The number of carbonyl (C=O) groups is 1. The van der Waals surface area contributed by atoms with Crippen molar-refractivity contribution in [1.82, 2.24) is 15.1 Å². The van der Waals surface area contributed by atoms with Crippen LogP contribution >= 0.6 is 15.9 Å². The molecule has 0 bridgehead atoms. The number of carbonyl (C=O) groups excluding carboxylic acids is 1. The van der Waals surface area contributed by atoms with Crippen LogP contribution in [0.3, 0.4) is 0 Å². The third kappa shape index (κ3) is 4.03. The molecule has 0 aliphatic carbocycles. The predicted octanol–water partition coefficient (Wildman–Crippen LogP) is 2.10. The molecule has 17 heavy (non-hydrogen) atoms. The molecule has 0 saturated heterocycles. The summed E-state index contributed by atoms with van der Waals surface area (Å²) in [6.45, 7) is 4.65. The van der Waals surface area contributed by atoms with Gasteiger partial charge in [-0.3, -0.25) is 9.48 Å². The normalized spacial score (nSPS) is 12.4. The summed E-state index contributed by atoms with van der Waals surface area (Å²) in [7, 11) is 0. The van der Waals surface area contributed by atoms with Gasteiger partial charge in [0.15, 0.2) is 5.82 Å². The lowest BCUT2D eigenvalue weighted by atomic mass is 10.2. The fourth-order valence-corrected chi connectivity index (χ4v) is 1.73. The molecule has 0 saturated carbocycles. The highest BCUT2D eigenvalue weighted by molar-refractivity contribution is 9.10. The number of anilines is 1. The van der Waals surface area contributed by atoms with Crippen LogP contribution in [-0.4, -0.2) is 22.2 Å². The van der Waals surface area contributed by atoms with Crippen LogP contribution in [0.2, 0.25) is 0 Å². The summed E-state index contributed by atoms with van der Waals surface area (Å²) < 4.78 is 2.28. The molecule has 1 atom stereocenters. The van der Waals surface area contributed by atoms with Gasteiger partial charge in [-0.15, -0.1) is 0 Å². The Hall–Kier alpha value is -1.04. The molecule has 3 N–H and O–H groups in total. The number of hydrogen-bond acceptors (Lipinski definition) is 3. The van der Waals surface area contributed by atoms with Gasteiger partial charge in [0.05, 0.1) is 4.47 Å². The molecule has 1 aromatic rings. The molecule has 0 aliphatic rings. The molecule has 5 nitrogen and oxygen atoms in total. The zero-order chi connectivity index (χ0) is 12.8. The topological polar surface area (TPSA) is 72.9 Å². The smallest absolute Gasteiger partial charge is 0.244 e. The Kier molecular flexibility index (Phi) is 5.47. The maximum absolute atomic E-state index is 11.8. The number of nitrogens with two attached hydrogens (primary N) is 1. The third-order valence-electron chi connectivity index (χ3n) is 2.57. The lowest BCUT2D eigenvalue weighted by molar-refractivity contribution is -0.124. The van der Waals surface area contributed by atoms with E-state index in [0.29, 0.717) is 10.3 Å². The molecule has 1 heterocycles. The maximum Gasteiger partial charge on any atom is 0.244 e. The van der Waals surface area contributed by atoms with Gasteiger partial charge in [0.2, 0.25) is 5.91 Å². The van der Waals surface area contributed by atoms with Crippen LogP contribution in [0, 0.1) is 0 Å². The number of hydrogen-bond donors (Lipinski definition) is 2. The minimum absolute atomic E-state index is 0.0314. The van der Waals surface area contributed by atoms with E-state index in [1.165, 1.54) is 0 Å². The molecule has 6 heteroatoms. The average molecular weight is 303 g/mol. The minimum Gasteiger partial charge on any atom is -0.381 e. The maximum atomic E-state index is 11.8. The zero-order valence-electron chi connectivity index (χ0n) is 10.2. The highest BCUT2D eigenvalue weighted by atomic mass is 79.9. The van der Waals surface area contributed by atoms with E-state index in [-0.39, 0.29) is 11.9 Å². The first-order chi connectivity index (χ1) is 8.06. The van der Waals surface area contributed by atoms with Gasteiger partial charge in [-0.05, 0) is 29.3 Å². The molecule has 1 amide bonds. The van der Waals surface area contributed by atoms with Gasteiger partial charge in [0.25, 0.3) is 0 Å². The van der Waals surface area contributed by atoms with E-state index in [1.807, 2.05) is 0 Å². The second-order valence-electron chi connectivity index (χ2n) is 4.02. The van der Waals surface area contributed by atoms with E-state index in [4.69, 9.17) is 5.73 Å². The van der Waals surface area contributed by atoms with E-state index in [0.717, 1.165) is 25.8 Å². The molecule has 0 aliphatic heterocycles. The number of nitrogens with zero attached hydrogens (tertiary/aromatic N) is 2. The third-order valence-corrected chi connectivity index (χ3v) is 3.18. The van der Waals surface area contributed by atoms with Crippen LogP contribution in [0.4, 0.5) is 5.82 Å². The van der Waals surface area contributed by atoms with E-state index in [2.05, 4.69) is 33.3 Å². The Morgan fingerprint density at radius 2 is 2.35 bits per heavy atom. The van der Waals surface area contributed by atoms with Crippen molar-refractivity contribution in [2.45, 2.75) is 39.2 Å². The lowest BCUT2D eigenvalue weighted by Crippen LogP contribution is -2.32. The van der Waals surface area contributed by atoms with Gasteiger partial charge in [-0.25, -0.2) is 0 Å². The standard InChI is InChI=1S/C11H19BrN4O/c1-3-4-5-6-14-11(17)8(2)16-7-9(12)10(13)15-16/h7-8H,3-6H2,1-2H3,(H2,13,15)(H,14,17). The molecule has 0 aromatic carbocycles. The summed E-state index contributed by atoms with van der Waals surface area (Å²) in [6.07, 6.45) is 5.01.